The molecule has 1 fully saturated rings. The highest BCUT2D eigenvalue weighted by Crippen LogP contribution is 2.26. The molecule has 1 nitrogen and oxygen atoms in total. The Morgan fingerprint density at radius 2 is 1.89 bits per heavy atom. The van der Waals surface area contributed by atoms with Crippen LogP contribution in [0.15, 0.2) is 0 Å². The Labute approximate surface area is 58.0 Å². The van der Waals surface area contributed by atoms with Crippen molar-refractivity contribution in [3.05, 3.63) is 0 Å². The molecule has 0 amide bonds. The summed E-state index contributed by atoms with van der Waals surface area (Å²) in [5.41, 5.74) is 0. The quantitative estimate of drug-likeness (QED) is 0.518. The molecule has 0 aromatic rings. The highest BCUT2D eigenvalue weighted by molar-refractivity contribution is 4.77. The normalized spacial score (nSPS) is 36.0. The van der Waals surface area contributed by atoms with Gasteiger partial charge in [0.05, 0.1) is 0 Å². The minimum Gasteiger partial charge on any atom is -0.306 e. The molecule has 0 aliphatic heterocycles. The largest absolute Gasteiger partial charge is 0.306 e. The van der Waals surface area contributed by atoms with Crippen LogP contribution in [0.4, 0.5) is 0 Å². The number of rotatable bonds is 1. The Balaban J connectivity index is 2.30. The maximum absolute atomic E-state index is 2.35. The first-order chi connectivity index (χ1) is 4.20. The monoisotopic (exact) mass is 127 g/mol. The first-order valence-corrected chi connectivity index (χ1v) is 3.86. The lowest BCUT2D eigenvalue weighted by molar-refractivity contribution is 0.293. The molecule has 1 aliphatic carbocycles. The van der Waals surface area contributed by atoms with E-state index in [2.05, 4.69) is 25.9 Å². The second-order valence-corrected chi connectivity index (χ2v) is 3.54. The summed E-state index contributed by atoms with van der Waals surface area (Å²) in [7, 11) is 4.37. The molecule has 1 saturated carbocycles. The standard InChI is InChI=1S/C8H17N/c1-7-4-5-8(6-7)9(2)3/h7-8H,4-6H2,1-3H3/t7-,8?/m1/s1. The summed E-state index contributed by atoms with van der Waals surface area (Å²) in [6, 6.07) is 0.875. The van der Waals surface area contributed by atoms with E-state index in [0.717, 1.165) is 12.0 Å². The van der Waals surface area contributed by atoms with Crippen molar-refractivity contribution in [2.45, 2.75) is 32.2 Å². The average Bonchev–Trinajstić information content (AvgIpc) is 2.14. The molecule has 2 atom stereocenters. The van der Waals surface area contributed by atoms with Gasteiger partial charge in [0.25, 0.3) is 0 Å². The smallest absolute Gasteiger partial charge is 0.00918 e. The summed E-state index contributed by atoms with van der Waals surface area (Å²) in [5, 5.41) is 0. The van der Waals surface area contributed by atoms with Crippen molar-refractivity contribution in [1.29, 1.82) is 0 Å². The molecular formula is C8H17N. The predicted molar refractivity (Wildman–Crippen MR) is 40.5 cm³/mol. The lowest BCUT2D eigenvalue weighted by Crippen LogP contribution is -2.24. The van der Waals surface area contributed by atoms with Crippen LogP contribution in [0.5, 0.6) is 0 Å². The fourth-order valence-corrected chi connectivity index (χ4v) is 1.65. The molecular weight excluding hydrogens is 110 g/mol. The van der Waals surface area contributed by atoms with Gasteiger partial charge in [-0.1, -0.05) is 6.92 Å². The summed E-state index contributed by atoms with van der Waals surface area (Å²) in [5.74, 6) is 0.970. The molecule has 1 unspecified atom stereocenters. The molecule has 0 spiro atoms. The fourth-order valence-electron chi connectivity index (χ4n) is 1.65. The molecule has 1 aliphatic rings. The van der Waals surface area contributed by atoms with E-state index in [9.17, 15) is 0 Å². The van der Waals surface area contributed by atoms with Gasteiger partial charge in [-0.3, -0.25) is 0 Å². The van der Waals surface area contributed by atoms with Crippen LogP contribution in [0.1, 0.15) is 26.2 Å². The first kappa shape index (κ1) is 7.07. The third-order valence-electron chi connectivity index (χ3n) is 2.40. The first-order valence-electron chi connectivity index (χ1n) is 3.86. The topological polar surface area (TPSA) is 3.24 Å². The van der Waals surface area contributed by atoms with Crippen molar-refractivity contribution in [1.82, 2.24) is 4.90 Å². The van der Waals surface area contributed by atoms with Gasteiger partial charge in [-0.25, -0.2) is 0 Å². The molecule has 0 saturated heterocycles. The van der Waals surface area contributed by atoms with Gasteiger partial charge in [0.15, 0.2) is 0 Å². The Kier molecular flexibility index (Phi) is 2.12. The molecule has 1 rings (SSSR count). The predicted octanol–water partition coefficient (Wildman–Crippen LogP) is 1.74. The van der Waals surface area contributed by atoms with E-state index < -0.39 is 0 Å². The minimum absolute atomic E-state index is 0.875. The summed E-state index contributed by atoms with van der Waals surface area (Å²) in [6.07, 6.45) is 4.25. The van der Waals surface area contributed by atoms with Crippen molar-refractivity contribution in [2.75, 3.05) is 14.1 Å². The molecule has 54 valence electrons. The fraction of sp³-hybridized carbons (Fsp3) is 1.00. The Hall–Kier alpha value is -0.0400. The second kappa shape index (κ2) is 2.70. The zero-order valence-corrected chi connectivity index (χ0v) is 6.72. The molecule has 9 heavy (non-hydrogen) atoms. The maximum atomic E-state index is 2.35. The van der Waals surface area contributed by atoms with Crippen LogP contribution < -0.4 is 0 Å². The second-order valence-electron chi connectivity index (χ2n) is 3.54. The zero-order chi connectivity index (χ0) is 6.85. The Bertz CT molecular complexity index is 88.6. The van der Waals surface area contributed by atoms with Crippen LogP contribution in [0.2, 0.25) is 0 Å². The molecule has 0 aromatic heterocycles. The van der Waals surface area contributed by atoms with E-state index in [0.29, 0.717) is 0 Å². The van der Waals surface area contributed by atoms with Crippen molar-refractivity contribution in [3.8, 4) is 0 Å². The van der Waals surface area contributed by atoms with Crippen molar-refractivity contribution < 1.29 is 0 Å². The lowest BCUT2D eigenvalue weighted by atomic mass is 10.1. The van der Waals surface area contributed by atoms with Crippen molar-refractivity contribution in [3.63, 3.8) is 0 Å². The number of hydrogen-bond donors (Lipinski definition) is 0. The number of hydrogen-bond acceptors (Lipinski definition) is 1. The zero-order valence-electron chi connectivity index (χ0n) is 6.72. The van der Waals surface area contributed by atoms with Crippen molar-refractivity contribution >= 4 is 0 Å². The van der Waals surface area contributed by atoms with Crippen LogP contribution in [0.25, 0.3) is 0 Å². The van der Waals surface area contributed by atoms with Gasteiger partial charge in [-0.05, 0) is 39.3 Å². The van der Waals surface area contributed by atoms with E-state index >= 15 is 0 Å². The SMILES string of the molecule is C[C@@H]1CCC(N(C)C)C1. The molecule has 0 bridgehead atoms. The molecule has 1 heteroatoms. The van der Waals surface area contributed by atoms with E-state index in [1.165, 1.54) is 19.3 Å². The Morgan fingerprint density at radius 3 is 2.11 bits per heavy atom. The van der Waals surface area contributed by atoms with Crippen LogP contribution >= 0.6 is 0 Å². The van der Waals surface area contributed by atoms with E-state index in [1.54, 1.807) is 0 Å². The van der Waals surface area contributed by atoms with E-state index in [1.807, 2.05) is 0 Å². The Morgan fingerprint density at radius 1 is 1.22 bits per heavy atom. The van der Waals surface area contributed by atoms with Gasteiger partial charge in [0.1, 0.15) is 0 Å². The number of nitrogens with zero attached hydrogens (tertiary/aromatic N) is 1. The minimum atomic E-state index is 0.875. The van der Waals surface area contributed by atoms with Gasteiger partial charge >= 0.3 is 0 Å². The third-order valence-corrected chi connectivity index (χ3v) is 2.40. The van der Waals surface area contributed by atoms with Crippen LogP contribution in [-0.2, 0) is 0 Å². The lowest BCUT2D eigenvalue weighted by Gasteiger charge is -2.17. The van der Waals surface area contributed by atoms with E-state index in [-0.39, 0.29) is 0 Å². The maximum Gasteiger partial charge on any atom is 0.00918 e. The van der Waals surface area contributed by atoms with Gasteiger partial charge in [-0.2, -0.15) is 0 Å². The average molecular weight is 127 g/mol. The summed E-state index contributed by atoms with van der Waals surface area (Å²) in [4.78, 5) is 2.35. The van der Waals surface area contributed by atoms with Gasteiger partial charge in [0.2, 0.25) is 0 Å². The van der Waals surface area contributed by atoms with Gasteiger partial charge in [0, 0.05) is 6.04 Å². The molecule has 0 N–H and O–H groups in total. The molecule has 0 heterocycles. The highest BCUT2D eigenvalue weighted by Gasteiger charge is 2.21. The van der Waals surface area contributed by atoms with E-state index in [4.69, 9.17) is 0 Å². The highest BCUT2D eigenvalue weighted by atomic mass is 15.1. The van der Waals surface area contributed by atoms with Gasteiger partial charge < -0.3 is 4.90 Å². The van der Waals surface area contributed by atoms with Crippen molar-refractivity contribution in [2.24, 2.45) is 5.92 Å². The van der Waals surface area contributed by atoms with Gasteiger partial charge in [-0.15, -0.1) is 0 Å². The third kappa shape index (κ3) is 1.68. The summed E-state index contributed by atoms with van der Waals surface area (Å²) < 4.78 is 0. The van der Waals surface area contributed by atoms with Crippen LogP contribution in [0, 0.1) is 5.92 Å². The molecule has 0 radical (unpaired) electrons. The summed E-state index contributed by atoms with van der Waals surface area (Å²) >= 11 is 0. The van der Waals surface area contributed by atoms with Crippen LogP contribution in [0.3, 0.4) is 0 Å². The molecule has 0 aromatic carbocycles. The van der Waals surface area contributed by atoms with Crippen LogP contribution in [-0.4, -0.2) is 25.0 Å². The summed E-state index contributed by atoms with van der Waals surface area (Å²) in [6.45, 7) is 2.35.